The number of hydrogen-bond acceptors (Lipinski definition) is 3. The van der Waals surface area contributed by atoms with Gasteiger partial charge in [0.15, 0.2) is 0 Å². The fourth-order valence-corrected chi connectivity index (χ4v) is 2.54. The van der Waals surface area contributed by atoms with Gasteiger partial charge < -0.3 is 15.1 Å². The summed E-state index contributed by atoms with van der Waals surface area (Å²) in [6, 6.07) is 0.661. The molecule has 0 radical (unpaired) electrons. The normalized spacial score (nSPS) is 21.0. The minimum absolute atomic E-state index is 0.661. The molecule has 102 valence electrons. The topological polar surface area (TPSA) is 18.5 Å². The van der Waals surface area contributed by atoms with Gasteiger partial charge in [0, 0.05) is 38.8 Å². The summed E-state index contributed by atoms with van der Waals surface area (Å²) in [5.74, 6) is 0.801. The maximum Gasteiger partial charge on any atom is 0.0110 e. The zero-order valence-electron chi connectivity index (χ0n) is 12.2. The van der Waals surface area contributed by atoms with Crippen LogP contribution < -0.4 is 5.32 Å². The molecule has 1 aliphatic heterocycles. The van der Waals surface area contributed by atoms with Gasteiger partial charge in [0.1, 0.15) is 0 Å². The average Bonchev–Trinajstić information content (AvgIpc) is 2.28. The summed E-state index contributed by atoms with van der Waals surface area (Å²) >= 11 is 0. The van der Waals surface area contributed by atoms with E-state index in [4.69, 9.17) is 0 Å². The average molecular weight is 241 g/mol. The molecule has 3 heteroatoms. The Hall–Kier alpha value is -0.120. The minimum atomic E-state index is 0.661. The van der Waals surface area contributed by atoms with Crippen LogP contribution >= 0.6 is 0 Å². The first-order valence-electron chi connectivity index (χ1n) is 7.30. The molecule has 1 saturated heterocycles. The molecular weight excluding hydrogens is 210 g/mol. The van der Waals surface area contributed by atoms with Crippen molar-refractivity contribution in [2.75, 3.05) is 45.8 Å². The van der Waals surface area contributed by atoms with E-state index in [0.29, 0.717) is 6.04 Å². The summed E-state index contributed by atoms with van der Waals surface area (Å²) < 4.78 is 0. The van der Waals surface area contributed by atoms with Gasteiger partial charge in [0.25, 0.3) is 0 Å². The fraction of sp³-hybridized carbons (Fsp3) is 1.00. The maximum atomic E-state index is 3.48. The second-order valence-corrected chi connectivity index (χ2v) is 5.78. The highest BCUT2D eigenvalue weighted by atomic mass is 15.3. The summed E-state index contributed by atoms with van der Waals surface area (Å²) in [6.07, 6.45) is 1.28. The lowest BCUT2D eigenvalue weighted by molar-refractivity contribution is 0.119. The Labute approximate surface area is 108 Å². The fourth-order valence-electron chi connectivity index (χ4n) is 2.54. The first-order valence-corrected chi connectivity index (χ1v) is 7.30. The van der Waals surface area contributed by atoms with Crippen molar-refractivity contribution < 1.29 is 0 Å². The number of nitrogens with one attached hydrogen (secondary N) is 1. The van der Waals surface area contributed by atoms with Crippen molar-refractivity contribution in [3.05, 3.63) is 0 Å². The van der Waals surface area contributed by atoms with Crippen LogP contribution in [0.15, 0.2) is 0 Å². The first-order chi connectivity index (χ1) is 8.11. The van der Waals surface area contributed by atoms with Gasteiger partial charge in [0.05, 0.1) is 0 Å². The zero-order chi connectivity index (χ0) is 12.7. The number of nitrogens with zero attached hydrogens (tertiary/aromatic N) is 2. The van der Waals surface area contributed by atoms with Crippen LogP contribution in [0.4, 0.5) is 0 Å². The Bertz CT molecular complexity index is 186. The van der Waals surface area contributed by atoms with E-state index in [2.05, 4.69) is 42.8 Å². The Morgan fingerprint density at radius 3 is 2.12 bits per heavy atom. The molecule has 1 N–H and O–H groups in total. The van der Waals surface area contributed by atoms with E-state index in [-0.39, 0.29) is 0 Å². The Kier molecular flexibility index (Phi) is 7.09. The molecule has 0 aromatic heterocycles. The van der Waals surface area contributed by atoms with Gasteiger partial charge >= 0.3 is 0 Å². The Morgan fingerprint density at radius 2 is 1.59 bits per heavy atom. The van der Waals surface area contributed by atoms with E-state index in [1.54, 1.807) is 0 Å². The molecule has 1 unspecified atom stereocenters. The van der Waals surface area contributed by atoms with Crippen LogP contribution in [0.3, 0.4) is 0 Å². The molecule has 1 fully saturated rings. The van der Waals surface area contributed by atoms with Crippen LogP contribution in [0.5, 0.6) is 0 Å². The van der Waals surface area contributed by atoms with Gasteiger partial charge in [-0.25, -0.2) is 0 Å². The molecule has 1 atom stereocenters. The van der Waals surface area contributed by atoms with Gasteiger partial charge in [-0.1, -0.05) is 20.8 Å². The van der Waals surface area contributed by atoms with Crippen molar-refractivity contribution >= 4 is 0 Å². The quantitative estimate of drug-likeness (QED) is 0.731. The Balaban J connectivity index is 2.10. The lowest BCUT2D eigenvalue weighted by Gasteiger charge is -2.35. The van der Waals surface area contributed by atoms with Gasteiger partial charge in [-0.05, 0) is 32.4 Å². The third-order valence-electron chi connectivity index (χ3n) is 3.52. The third-order valence-corrected chi connectivity index (χ3v) is 3.52. The van der Waals surface area contributed by atoms with Gasteiger partial charge in [-0.3, -0.25) is 0 Å². The summed E-state index contributed by atoms with van der Waals surface area (Å²) in [5, 5.41) is 3.48. The largest absolute Gasteiger partial charge is 0.314 e. The van der Waals surface area contributed by atoms with E-state index < -0.39 is 0 Å². The molecule has 0 spiro atoms. The highest BCUT2D eigenvalue weighted by Gasteiger charge is 2.17. The Morgan fingerprint density at radius 1 is 1.00 bits per heavy atom. The molecule has 0 aromatic rings. The standard InChI is InChI=1S/C14H31N3/c1-5-15-14(4)6-7-16-8-10-17(11-9-16)12-13(2)3/h13-15H,5-12H2,1-4H3. The lowest BCUT2D eigenvalue weighted by atomic mass is 10.1. The van der Waals surface area contributed by atoms with Crippen LogP contribution in [0, 0.1) is 5.92 Å². The monoisotopic (exact) mass is 241 g/mol. The van der Waals surface area contributed by atoms with Crippen LogP contribution in [0.25, 0.3) is 0 Å². The number of piperazine rings is 1. The van der Waals surface area contributed by atoms with E-state index in [1.807, 2.05) is 0 Å². The summed E-state index contributed by atoms with van der Waals surface area (Å²) in [5.41, 5.74) is 0. The van der Waals surface area contributed by atoms with E-state index >= 15 is 0 Å². The van der Waals surface area contributed by atoms with Gasteiger partial charge in [0.2, 0.25) is 0 Å². The van der Waals surface area contributed by atoms with Crippen molar-refractivity contribution in [2.24, 2.45) is 5.92 Å². The molecule has 1 aliphatic rings. The number of hydrogen-bond donors (Lipinski definition) is 1. The molecule has 0 aromatic carbocycles. The minimum Gasteiger partial charge on any atom is -0.314 e. The van der Waals surface area contributed by atoms with Crippen LogP contribution in [0.2, 0.25) is 0 Å². The van der Waals surface area contributed by atoms with Crippen molar-refractivity contribution in [1.29, 1.82) is 0 Å². The van der Waals surface area contributed by atoms with Crippen molar-refractivity contribution in [3.8, 4) is 0 Å². The van der Waals surface area contributed by atoms with E-state index in [0.717, 1.165) is 12.5 Å². The van der Waals surface area contributed by atoms with Crippen molar-refractivity contribution in [3.63, 3.8) is 0 Å². The molecule has 1 heterocycles. The first kappa shape index (κ1) is 14.9. The zero-order valence-corrected chi connectivity index (χ0v) is 12.2. The molecule has 0 aliphatic carbocycles. The SMILES string of the molecule is CCNC(C)CCN1CCN(CC(C)C)CC1. The molecule has 0 saturated carbocycles. The smallest absolute Gasteiger partial charge is 0.0110 e. The highest BCUT2D eigenvalue weighted by Crippen LogP contribution is 2.06. The van der Waals surface area contributed by atoms with E-state index in [1.165, 1.54) is 45.7 Å². The predicted octanol–water partition coefficient (Wildman–Crippen LogP) is 1.65. The van der Waals surface area contributed by atoms with Crippen LogP contribution in [-0.2, 0) is 0 Å². The maximum absolute atomic E-state index is 3.48. The molecule has 0 amide bonds. The second-order valence-electron chi connectivity index (χ2n) is 5.78. The highest BCUT2D eigenvalue weighted by molar-refractivity contribution is 4.74. The predicted molar refractivity (Wildman–Crippen MR) is 75.5 cm³/mol. The van der Waals surface area contributed by atoms with Crippen LogP contribution in [-0.4, -0.2) is 61.7 Å². The summed E-state index contributed by atoms with van der Waals surface area (Å²) in [4.78, 5) is 5.22. The van der Waals surface area contributed by atoms with Crippen molar-refractivity contribution in [1.82, 2.24) is 15.1 Å². The molecular formula is C14H31N3. The lowest BCUT2D eigenvalue weighted by Crippen LogP contribution is -2.48. The molecule has 17 heavy (non-hydrogen) atoms. The second kappa shape index (κ2) is 8.06. The molecule has 0 bridgehead atoms. The molecule has 1 rings (SSSR count). The van der Waals surface area contributed by atoms with Crippen LogP contribution in [0.1, 0.15) is 34.1 Å². The van der Waals surface area contributed by atoms with E-state index in [9.17, 15) is 0 Å². The summed E-state index contributed by atoms with van der Waals surface area (Å²) in [7, 11) is 0. The molecule has 3 nitrogen and oxygen atoms in total. The number of rotatable bonds is 7. The summed E-state index contributed by atoms with van der Waals surface area (Å²) in [6.45, 7) is 17.7. The third kappa shape index (κ3) is 6.39. The van der Waals surface area contributed by atoms with Crippen molar-refractivity contribution in [2.45, 2.75) is 40.2 Å². The van der Waals surface area contributed by atoms with Gasteiger partial charge in [-0.2, -0.15) is 0 Å². The van der Waals surface area contributed by atoms with Gasteiger partial charge in [-0.15, -0.1) is 0 Å².